The highest BCUT2D eigenvalue weighted by Gasteiger charge is 2.07. The van der Waals surface area contributed by atoms with E-state index in [-0.39, 0.29) is 0 Å². The maximum absolute atomic E-state index is 4.10. The Balaban J connectivity index is 2.56. The van der Waals surface area contributed by atoms with Gasteiger partial charge in [-0.25, -0.2) is 0 Å². The Morgan fingerprint density at radius 2 is 2.31 bits per heavy atom. The monoisotopic (exact) mass is 184 g/mol. The second-order valence-electron chi connectivity index (χ2n) is 2.96. The summed E-state index contributed by atoms with van der Waals surface area (Å²) in [6.45, 7) is 0. The SMILES string of the molecule is [c]1sccc2c3ccncc3cc1-2. The minimum Gasteiger partial charge on any atom is -0.264 e. The Hall–Kier alpha value is -1.41. The lowest BCUT2D eigenvalue weighted by Crippen LogP contribution is -1.70. The van der Waals surface area contributed by atoms with Gasteiger partial charge in [0, 0.05) is 23.3 Å². The van der Waals surface area contributed by atoms with E-state index in [2.05, 4.69) is 33.9 Å². The van der Waals surface area contributed by atoms with Crippen molar-refractivity contribution in [1.29, 1.82) is 0 Å². The molecule has 0 unspecified atom stereocenters. The number of rotatable bonds is 0. The summed E-state index contributed by atoms with van der Waals surface area (Å²) in [7, 11) is 0. The van der Waals surface area contributed by atoms with Crippen molar-refractivity contribution < 1.29 is 0 Å². The van der Waals surface area contributed by atoms with E-state index in [4.69, 9.17) is 0 Å². The first kappa shape index (κ1) is 7.04. The summed E-state index contributed by atoms with van der Waals surface area (Å²) >= 11 is 1.60. The number of aromatic nitrogens is 1. The summed E-state index contributed by atoms with van der Waals surface area (Å²) in [5.41, 5.74) is 2.46. The van der Waals surface area contributed by atoms with Gasteiger partial charge < -0.3 is 0 Å². The molecule has 0 spiro atoms. The zero-order valence-corrected chi connectivity index (χ0v) is 7.64. The first-order chi connectivity index (χ1) is 6.45. The minimum atomic E-state index is 1.19. The van der Waals surface area contributed by atoms with E-state index in [1.54, 1.807) is 11.3 Å². The van der Waals surface area contributed by atoms with Gasteiger partial charge in [0.1, 0.15) is 0 Å². The van der Waals surface area contributed by atoms with E-state index >= 15 is 0 Å². The molecule has 2 aliphatic rings. The summed E-state index contributed by atoms with van der Waals surface area (Å²) in [4.78, 5) is 4.10. The summed E-state index contributed by atoms with van der Waals surface area (Å²) in [6, 6.07) is 6.32. The number of hydrogen-bond acceptors (Lipinski definition) is 2. The smallest absolute Gasteiger partial charge is 0.0527 e. The van der Waals surface area contributed by atoms with Crippen LogP contribution in [0.2, 0.25) is 0 Å². The highest BCUT2D eigenvalue weighted by atomic mass is 32.1. The van der Waals surface area contributed by atoms with Gasteiger partial charge in [0.2, 0.25) is 0 Å². The third-order valence-electron chi connectivity index (χ3n) is 2.20. The Bertz CT molecular complexity index is 527. The van der Waals surface area contributed by atoms with Crippen LogP contribution in [-0.2, 0) is 0 Å². The van der Waals surface area contributed by atoms with Crippen LogP contribution in [0.25, 0.3) is 21.9 Å². The second kappa shape index (κ2) is 2.54. The predicted molar refractivity (Wildman–Crippen MR) is 55.1 cm³/mol. The van der Waals surface area contributed by atoms with Crippen LogP contribution in [-0.4, -0.2) is 4.98 Å². The van der Waals surface area contributed by atoms with Gasteiger partial charge >= 0.3 is 0 Å². The van der Waals surface area contributed by atoms with Gasteiger partial charge in [0.25, 0.3) is 0 Å². The molecule has 61 valence electrons. The maximum Gasteiger partial charge on any atom is 0.0527 e. The predicted octanol–water partition coefficient (Wildman–Crippen LogP) is 3.20. The summed E-state index contributed by atoms with van der Waals surface area (Å²) < 4.78 is 0. The van der Waals surface area contributed by atoms with E-state index < -0.39 is 0 Å². The van der Waals surface area contributed by atoms with Crippen molar-refractivity contribution in [2.75, 3.05) is 0 Å². The Morgan fingerprint density at radius 3 is 3.31 bits per heavy atom. The lowest BCUT2D eigenvalue weighted by Gasteiger charge is -1.94. The third kappa shape index (κ3) is 0.956. The quantitative estimate of drug-likeness (QED) is 0.523. The molecule has 2 heteroatoms. The topological polar surface area (TPSA) is 12.9 Å². The van der Waals surface area contributed by atoms with Crippen molar-refractivity contribution >= 4 is 22.1 Å². The minimum absolute atomic E-state index is 1.19. The molecule has 1 nitrogen and oxygen atoms in total. The van der Waals surface area contributed by atoms with Crippen LogP contribution in [0.1, 0.15) is 0 Å². The molecule has 1 aliphatic carbocycles. The van der Waals surface area contributed by atoms with Crippen molar-refractivity contribution in [3.05, 3.63) is 41.4 Å². The summed E-state index contributed by atoms with van der Waals surface area (Å²) in [5.74, 6) is 0. The Morgan fingerprint density at radius 1 is 1.31 bits per heavy atom. The van der Waals surface area contributed by atoms with Crippen LogP contribution in [0.15, 0.2) is 36.0 Å². The molecule has 0 atom stereocenters. The molecule has 2 heterocycles. The number of hydrogen-bond donors (Lipinski definition) is 0. The second-order valence-corrected chi connectivity index (χ2v) is 3.67. The van der Waals surface area contributed by atoms with Gasteiger partial charge in [-0.3, -0.25) is 4.98 Å². The van der Waals surface area contributed by atoms with Crippen LogP contribution in [0, 0.1) is 5.38 Å². The lowest BCUT2D eigenvalue weighted by atomic mass is 10.2. The molecule has 0 bridgehead atoms. The normalized spacial score (nSPS) is 11.1. The molecule has 13 heavy (non-hydrogen) atoms. The molecule has 0 saturated carbocycles. The number of nitrogens with zero attached hydrogens (tertiary/aromatic N) is 1. The first-order valence-corrected chi connectivity index (χ1v) is 4.95. The molecule has 0 N–H and O–H groups in total. The van der Waals surface area contributed by atoms with E-state index in [0.29, 0.717) is 0 Å². The fourth-order valence-electron chi connectivity index (χ4n) is 1.61. The molecule has 0 aromatic carbocycles. The standard InChI is InChI=1S/C11H6NS/c1-3-12-6-8-5-9-7-13-4-2-11(9)10(1)8/h1-6H. The summed E-state index contributed by atoms with van der Waals surface area (Å²) in [5, 5.41) is 7.79. The zero-order chi connectivity index (χ0) is 8.67. The van der Waals surface area contributed by atoms with Gasteiger partial charge in [0.05, 0.1) is 5.38 Å². The Kier molecular flexibility index (Phi) is 1.37. The molecular weight excluding hydrogens is 178 g/mol. The lowest BCUT2D eigenvalue weighted by molar-refractivity contribution is 1.37. The fourth-order valence-corrected chi connectivity index (χ4v) is 2.18. The molecule has 1 radical (unpaired) electrons. The molecule has 1 aromatic heterocycles. The van der Waals surface area contributed by atoms with Crippen molar-refractivity contribution in [2.24, 2.45) is 0 Å². The number of pyridine rings is 1. The molecule has 3 rings (SSSR count). The first-order valence-electron chi connectivity index (χ1n) is 4.07. The van der Waals surface area contributed by atoms with Crippen LogP contribution in [0.5, 0.6) is 0 Å². The number of fused-ring (bicyclic) bond motifs is 3. The maximum atomic E-state index is 4.10. The van der Waals surface area contributed by atoms with Crippen molar-refractivity contribution in [1.82, 2.24) is 4.98 Å². The van der Waals surface area contributed by atoms with Crippen molar-refractivity contribution in [2.45, 2.75) is 0 Å². The van der Waals surface area contributed by atoms with Crippen molar-refractivity contribution in [3.63, 3.8) is 0 Å². The Labute approximate surface area is 80.0 Å². The molecule has 0 amide bonds. The van der Waals surface area contributed by atoms with Gasteiger partial charge in [-0.05, 0) is 34.5 Å². The van der Waals surface area contributed by atoms with Crippen LogP contribution < -0.4 is 0 Å². The van der Waals surface area contributed by atoms with Crippen molar-refractivity contribution in [3.8, 4) is 11.1 Å². The molecule has 0 fully saturated rings. The average Bonchev–Trinajstić information content (AvgIpc) is 2.56. The van der Waals surface area contributed by atoms with Crippen LogP contribution >= 0.6 is 11.3 Å². The largest absolute Gasteiger partial charge is 0.264 e. The third-order valence-corrected chi connectivity index (χ3v) is 2.81. The van der Waals surface area contributed by atoms with E-state index in [0.717, 1.165) is 0 Å². The molecule has 1 aromatic rings. The average molecular weight is 184 g/mol. The summed E-state index contributed by atoms with van der Waals surface area (Å²) in [6.07, 6.45) is 3.73. The molecule has 1 aliphatic heterocycles. The highest BCUT2D eigenvalue weighted by molar-refractivity contribution is 7.07. The molecular formula is C11H6NS. The van der Waals surface area contributed by atoms with E-state index in [1.165, 1.54) is 21.9 Å². The van der Waals surface area contributed by atoms with Crippen LogP contribution in [0.3, 0.4) is 0 Å². The van der Waals surface area contributed by atoms with Gasteiger partial charge in [-0.15, -0.1) is 11.3 Å². The van der Waals surface area contributed by atoms with Crippen LogP contribution in [0.4, 0.5) is 0 Å². The molecule has 0 saturated heterocycles. The van der Waals surface area contributed by atoms with Gasteiger partial charge in [-0.2, -0.15) is 0 Å². The van der Waals surface area contributed by atoms with Gasteiger partial charge in [-0.1, -0.05) is 0 Å². The zero-order valence-electron chi connectivity index (χ0n) is 6.82. The van der Waals surface area contributed by atoms with Gasteiger partial charge in [0.15, 0.2) is 0 Å². The van der Waals surface area contributed by atoms with E-state index in [1.807, 2.05) is 12.4 Å². The van der Waals surface area contributed by atoms with E-state index in [9.17, 15) is 0 Å². The fraction of sp³-hybridized carbons (Fsp3) is 0. The highest BCUT2D eigenvalue weighted by Crippen LogP contribution is 2.33.